The molecule has 2 aromatic carbocycles. The zero-order valence-corrected chi connectivity index (χ0v) is 16.5. The first-order valence-corrected chi connectivity index (χ1v) is 9.79. The predicted molar refractivity (Wildman–Crippen MR) is 112 cm³/mol. The number of morpholine rings is 1. The van der Waals surface area contributed by atoms with Gasteiger partial charge in [0.25, 0.3) is 0 Å². The van der Waals surface area contributed by atoms with Gasteiger partial charge in [-0.3, -0.25) is 0 Å². The second-order valence-corrected chi connectivity index (χ2v) is 6.70. The van der Waals surface area contributed by atoms with Crippen LogP contribution in [0.2, 0.25) is 0 Å². The maximum absolute atomic E-state index is 9.68. The summed E-state index contributed by atoms with van der Waals surface area (Å²) in [5.41, 5.74) is 1.66. The zero-order chi connectivity index (χ0) is 20.6. The van der Waals surface area contributed by atoms with Crippen LogP contribution in [0.5, 0.6) is 17.4 Å². The highest BCUT2D eigenvalue weighted by Crippen LogP contribution is 2.33. The molecule has 1 aliphatic rings. The molecule has 154 valence electrons. The van der Waals surface area contributed by atoms with Gasteiger partial charge in [0.05, 0.1) is 18.8 Å². The van der Waals surface area contributed by atoms with Crippen molar-refractivity contribution < 1.29 is 19.4 Å². The lowest BCUT2D eigenvalue weighted by atomic mass is 10.2. The summed E-state index contributed by atoms with van der Waals surface area (Å²) in [5, 5.41) is 13.2. The Bertz CT molecular complexity index is 989. The molecule has 0 bridgehead atoms. The van der Waals surface area contributed by atoms with Crippen molar-refractivity contribution in [3.8, 4) is 17.4 Å². The van der Waals surface area contributed by atoms with Crippen LogP contribution in [0.15, 0.2) is 78.1 Å². The fraction of sp³-hybridized carbons (Fsp3) is 0.217. The normalized spacial score (nSPS) is 14.4. The summed E-state index contributed by atoms with van der Waals surface area (Å²) in [7, 11) is 0. The first kappa shape index (κ1) is 19.7. The van der Waals surface area contributed by atoms with Crippen LogP contribution in [0, 0.1) is 0 Å². The Balaban J connectivity index is 1.56. The van der Waals surface area contributed by atoms with Crippen molar-refractivity contribution in [1.82, 2.24) is 9.88 Å². The van der Waals surface area contributed by atoms with Crippen molar-refractivity contribution >= 4 is 5.84 Å². The number of amidine groups is 1. The Morgan fingerprint density at radius 2 is 1.70 bits per heavy atom. The summed E-state index contributed by atoms with van der Waals surface area (Å²) in [5.74, 6) is 1.89. The molecule has 30 heavy (non-hydrogen) atoms. The van der Waals surface area contributed by atoms with E-state index in [1.54, 1.807) is 12.3 Å². The number of rotatable bonds is 6. The van der Waals surface area contributed by atoms with E-state index in [4.69, 9.17) is 14.2 Å². The van der Waals surface area contributed by atoms with Gasteiger partial charge in [0, 0.05) is 19.3 Å². The number of oxime groups is 1. The van der Waals surface area contributed by atoms with Crippen LogP contribution >= 0.6 is 0 Å². The Labute approximate surface area is 175 Å². The molecule has 1 saturated heterocycles. The third-order valence-electron chi connectivity index (χ3n) is 4.71. The van der Waals surface area contributed by atoms with E-state index < -0.39 is 0 Å². The number of ether oxygens (including phenoxy) is 3. The van der Waals surface area contributed by atoms with Gasteiger partial charge in [-0.05, 0) is 29.8 Å². The Kier molecular flexibility index (Phi) is 6.41. The summed E-state index contributed by atoms with van der Waals surface area (Å²) in [6.07, 6.45) is 1.64. The van der Waals surface area contributed by atoms with Gasteiger partial charge in [-0.25, -0.2) is 4.98 Å². The smallest absolute Gasteiger partial charge is 0.230 e. The highest BCUT2D eigenvalue weighted by atomic mass is 16.5. The molecule has 3 aromatic rings. The van der Waals surface area contributed by atoms with Gasteiger partial charge in [0.1, 0.15) is 6.61 Å². The largest absolute Gasteiger partial charge is 0.485 e. The molecule has 1 fully saturated rings. The first-order valence-electron chi connectivity index (χ1n) is 9.79. The molecule has 0 aliphatic carbocycles. The number of para-hydroxylation sites is 2. The van der Waals surface area contributed by atoms with Gasteiger partial charge in [-0.2, -0.15) is 0 Å². The van der Waals surface area contributed by atoms with Gasteiger partial charge in [-0.15, -0.1) is 0 Å². The predicted octanol–water partition coefficient (Wildman–Crippen LogP) is 3.92. The van der Waals surface area contributed by atoms with E-state index >= 15 is 0 Å². The van der Waals surface area contributed by atoms with Crippen molar-refractivity contribution in [2.45, 2.75) is 6.61 Å². The number of hydrogen-bond acceptors (Lipinski definition) is 6. The Morgan fingerprint density at radius 1 is 0.967 bits per heavy atom. The van der Waals surface area contributed by atoms with Crippen molar-refractivity contribution in [3.63, 3.8) is 0 Å². The molecule has 7 nitrogen and oxygen atoms in total. The average Bonchev–Trinajstić information content (AvgIpc) is 2.81. The monoisotopic (exact) mass is 405 g/mol. The summed E-state index contributed by atoms with van der Waals surface area (Å²) < 4.78 is 17.5. The number of benzene rings is 2. The first-order chi connectivity index (χ1) is 14.8. The van der Waals surface area contributed by atoms with Crippen LogP contribution in [0.3, 0.4) is 0 Å². The van der Waals surface area contributed by atoms with Crippen molar-refractivity contribution in [1.29, 1.82) is 0 Å². The topological polar surface area (TPSA) is 76.4 Å². The second-order valence-electron chi connectivity index (χ2n) is 6.70. The maximum atomic E-state index is 9.68. The van der Waals surface area contributed by atoms with E-state index in [9.17, 15) is 5.21 Å². The molecule has 0 atom stereocenters. The molecule has 7 heteroatoms. The van der Waals surface area contributed by atoms with Crippen LogP contribution in [-0.2, 0) is 11.3 Å². The molecule has 0 saturated carbocycles. The van der Waals surface area contributed by atoms with Crippen molar-refractivity contribution in [2.24, 2.45) is 5.16 Å². The van der Waals surface area contributed by atoms with E-state index in [1.165, 1.54) is 0 Å². The molecule has 4 rings (SSSR count). The van der Waals surface area contributed by atoms with E-state index in [0.29, 0.717) is 61.7 Å². The Hall–Kier alpha value is -3.58. The molecular formula is C23H23N3O4. The molecule has 0 unspecified atom stereocenters. The van der Waals surface area contributed by atoms with Crippen LogP contribution in [-0.4, -0.2) is 47.2 Å². The number of hydrogen-bond donors (Lipinski definition) is 1. The zero-order valence-electron chi connectivity index (χ0n) is 16.5. The van der Waals surface area contributed by atoms with E-state index in [2.05, 4.69) is 10.1 Å². The lowest BCUT2D eigenvalue weighted by molar-refractivity contribution is 0.0667. The minimum atomic E-state index is 0.340. The summed E-state index contributed by atoms with van der Waals surface area (Å²) >= 11 is 0. The molecule has 1 aliphatic heterocycles. The maximum Gasteiger partial charge on any atom is 0.230 e. The third-order valence-corrected chi connectivity index (χ3v) is 4.71. The molecule has 1 aromatic heterocycles. The van der Waals surface area contributed by atoms with Crippen molar-refractivity contribution in [3.05, 3.63) is 84.1 Å². The fourth-order valence-corrected chi connectivity index (χ4v) is 3.20. The lowest BCUT2D eigenvalue weighted by Gasteiger charge is -2.29. The average molecular weight is 405 g/mol. The molecular weight excluding hydrogens is 382 g/mol. The summed E-state index contributed by atoms with van der Waals surface area (Å²) in [6.45, 7) is 2.83. The highest BCUT2D eigenvalue weighted by Gasteiger charge is 2.22. The SMILES string of the molecule is O/N=C(/c1cccnc1Oc1ccccc1OCc1ccccc1)N1CCOCC1. The second kappa shape index (κ2) is 9.76. The molecule has 2 heterocycles. The van der Waals surface area contributed by atoms with E-state index in [0.717, 1.165) is 5.56 Å². The summed E-state index contributed by atoms with van der Waals surface area (Å²) in [4.78, 5) is 6.32. The number of aromatic nitrogens is 1. The summed E-state index contributed by atoms with van der Waals surface area (Å²) in [6, 6.07) is 21.0. The molecule has 1 N–H and O–H groups in total. The van der Waals surface area contributed by atoms with Crippen molar-refractivity contribution in [2.75, 3.05) is 26.3 Å². The van der Waals surface area contributed by atoms with Crippen LogP contribution in [0.4, 0.5) is 0 Å². The molecule has 0 amide bonds. The lowest BCUT2D eigenvalue weighted by Crippen LogP contribution is -2.41. The highest BCUT2D eigenvalue weighted by molar-refractivity contribution is 6.00. The standard InChI is InChI=1S/C23H23N3O4/c27-25-22(26-13-15-28-16-14-26)19-9-6-12-24-23(19)30-21-11-5-4-10-20(21)29-17-18-7-2-1-3-8-18/h1-12,27H,13-17H2/b25-22-. The van der Waals surface area contributed by atoms with E-state index in [1.807, 2.05) is 65.6 Å². The minimum absolute atomic E-state index is 0.340. The van der Waals surface area contributed by atoms with Gasteiger partial charge in [0.15, 0.2) is 17.3 Å². The Morgan fingerprint density at radius 3 is 2.47 bits per heavy atom. The van der Waals surface area contributed by atoms with Gasteiger partial charge in [-0.1, -0.05) is 47.6 Å². The van der Waals surface area contributed by atoms with E-state index in [-0.39, 0.29) is 0 Å². The fourth-order valence-electron chi connectivity index (χ4n) is 3.20. The van der Waals surface area contributed by atoms with Gasteiger partial charge >= 0.3 is 0 Å². The minimum Gasteiger partial charge on any atom is -0.485 e. The third kappa shape index (κ3) is 4.69. The molecule has 0 spiro atoms. The molecule has 0 radical (unpaired) electrons. The van der Waals surface area contributed by atoms with Gasteiger partial charge < -0.3 is 24.3 Å². The quantitative estimate of drug-likeness (QED) is 0.290. The number of nitrogens with zero attached hydrogens (tertiary/aromatic N) is 3. The van der Waals surface area contributed by atoms with Crippen LogP contribution in [0.1, 0.15) is 11.1 Å². The number of pyridine rings is 1. The van der Waals surface area contributed by atoms with Gasteiger partial charge in [0.2, 0.25) is 5.88 Å². The van der Waals surface area contributed by atoms with Crippen LogP contribution < -0.4 is 9.47 Å². The van der Waals surface area contributed by atoms with Crippen LogP contribution in [0.25, 0.3) is 0 Å².